The van der Waals surface area contributed by atoms with Gasteiger partial charge >= 0.3 is 5.97 Å². The number of amides is 1. The maximum atomic E-state index is 12.9. The third-order valence-corrected chi connectivity index (χ3v) is 6.26. The van der Waals surface area contributed by atoms with E-state index in [-0.39, 0.29) is 29.9 Å². The third-order valence-electron chi connectivity index (χ3n) is 5.93. The maximum absolute atomic E-state index is 12.9. The van der Waals surface area contributed by atoms with Crippen molar-refractivity contribution >= 4 is 29.2 Å². The average Bonchev–Trinajstić information content (AvgIpc) is 2.74. The Morgan fingerprint density at radius 1 is 1.29 bits per heavy atom. The second-order valence-corrected chi connectivity index (χ2v) is 10.5. The summed E-state index contributed by atoms with van der Waals surface area (Å²) in [4.78, 5) is 27.3. The van der Waals surface area contributed by atoms with Crippen LogP contribution in [0.15, 0.2) is 12.1 Å². The molecule has 2 rings (SSSR count). The van der Waals surface area contributed by atoms with Gasteiger partial charge in [0.2, 0.25) is 0 Å². The summed E-state index contributed by atoms with van der Waals surface area (Å²) in [6.07, 6.45) is 3.00. The average molecular weight is 498 g/mol. The predicted molar refractivity (Wildman–Crippen MR) is 134 cm³/mol. The molecule has 0 bridgehead atoms. The van der Waals surface area contributed by atoms with Gasteiger partial charge in [-0.1, -0.05) is 18.5 Å². The molecule has 0 spiro atoms. The van der Waals surface area contributed by atoms with E-state index in [9.17, 15) is 9.59 Å². The number of rotatable bonds is 10. The number of hydrogen-bond acceptors (Lipinski definition) is 7. The summed E-state index contributed by atoms with van der Waals surface area (Å²) < 4.78 is 16.4. The molecule has 3 atom stereocenters. The molecule has 0 aromatic heterocycles. The number of benzene rings is 1. The molecule has 1 amide bonds. The number of esters is 1. The zero-order valence-corrected chi connectivity index (χ0v) is 22.0. The van der Waals surface area contributed by atoms with E-state index in [1.807, 2.05) is 20.8 Å². The Kier molecular flexibility index (Phi) is 10.5. The van der Waals surface area contributed by atoms with E-state index in [1.165, 1.54) is 13.2 Å². The lowest BCUT2D eigenvalue weighted by Crippen LogP contribution is -2.54. The van der Waals surface area contributed by atoms with Crippen LogP contribution in [0.4, 0.5) is 5.69 Å². The highest BCUT2D eigenvalue weighted by atomic mass is 35.5. The number of anilines is 1. The zero-order chi connectivity index (χ0) is 25.5. The van der Waals surface area contributed by atoms with E-state index in [4.69, 9.17) is 31.5 Å². The van der Waals surface area contributed by atoms with Crippen molar-refractivity contribution in [2.75, 3.05) is 39.6 Å². The molecule has 192 valence electrons. The molecule has 1 heterocycles. The number of carbonyl (C=O) groups is 2. The van der Waals surface area contributed by atoms with Crippen molar-refractivity contribution in [1.29, 1.82) is 0 Å². The molecule has 1 aliphatic heterocycles. The van der Waals surface area contributed by atoms with Gasteiger partial charge < -0.3 is 30.2 Å². The summed E-state index contributed by atoms with van der Waals surface area (Å²) in [5.41, 5.74) is 6.08. The van der Waals surface area contributed by atoms with Gasteiger partial charge in [-0.05, 0) is 58.6 Å². The quantitative estimate of drug-likeness (QED) is 0.373. The molecule has 9 heteroatoms. The van der Waals surface area contributed by atoms with Crippen molar-refractivity contribution in [1.82, 2.24) is 10.2 Å². The second kappa shape index (κ2) is 12.6. The molecule has 1 aromatic rings. The van der Waals surface area contributed by atoms with E-state index in [1.54, 1.807) is 13.2 Å². The van der Waals surface area contributed by atoms with Crippen LogP contribution in [-0.2, 0) is 14.3 Å². The molecule has 1 unspecified atom stereocenters. The van der Waals surface area contributed by atoms with Crippen molar-refractivity contribution < 1.29 is 23.8 Å². The topological polar surface area (TPSA) is 103 Å². The predicted octanol–water partition coefficient (Wildman–Crippen LogP) is 3.90. The summed E-state index contributed by atoms with van der Waals surface area (Å²) in [6, 6.07) is 2.96. The summed E-state index contributed by atoms with van der Waals surface area (Å²) in [5, 5.41) is 3.38. The Labute approximate surface area is 208 Å². The first kappa shape index (κ1) is 28.2. The number of nitrogen functional groups attached to an aromatic ring is 1. The first-order valence-corrected chi connectivity index (χ1v) is 12.2. The van der Waals surface area contributed by atoms with Gasteiger partial charge in [-0.25, -0.2) is 0 Å². The normalized spacial score (nSPS) is 20.0. The number of piperidine rings is 1. The Balaban J connectivity index is 1.83. The van der Waals surface area contributed by atoms with Crippen LogP contribution < -0.4 is 15.8 Å². The van der Waals surface area contributed by atoms with Crippen LogP contribution in [0.1, 0.15) is 63.7 Å². The number of nitrogens with two attached hydrogens (primary N) is 1. The van der Waals surface area contributed by atoms with Crippen LogP contribution in [0.2, 0.25) is 5.02 Å². The fourth-order valence-corrected chi connectivity index (χ4v) is 4.35. The van der Waals surface area contributed by atoms with E-state index in [0.717, 1.165) is 38.9 Å². The number of likely N-dealkylation sites (tertiary alicyclic amines) is 1. The minimum atomic E-state index is -0.447. The van der Waals surface area contributed by atoms with Gasteiger partial charge in [0, 0.05) is 32.7 Å². The number of methoxy groups -OCH3 is 2. The lowest BCUT2D eigenvalue weighted by atomic mass is 9.98. The molecule has 0 saturated carbocycles. The number of nitrogens with zero attached hydrogens (tertiary/aromatic N) is 1. The van der Waals surface area contributed by atoms with Crippen LogP contribution in [0, 0.1) is 5.92 Å². The highest BCUT2D eigenvalue weighted by Gasteiger charge is 2.31. The molecule has 34 heavy (non-hydrogen) atoms. The molecule has 1 aromatic carbocycles. The van der Waals surface area contributed by atoms with Crippen molar-refractivity contribution in [3.05, 3.63) is 22.7 Å². The summed E-state index contributed by atoms with van der Waals surface area (Å²) in [7, 11) is 3.15. The van der Waals surface area contributed by atoms with E-state index in [0.29, 0.717) is 28.4 Å². The smallest absolute Gasteiger partial charge is 0.306 e. The van der Waals surface area contributed by atoms with Gasteiger partial charge in [-0.2, -0.15) is 0 Å². The summed E-state index contributed by atoms with van der Waals surface area (Å²) in [6.45, 7) is 10.2. The van der Waals surface area contributed by atoms with Gasteiger partial charge in [0.25, 0.3) is 5.91 Å². The van der Waals surface area contributed by atoms with Crippen LogP contribution in [0.5, 0.6) is 5.75 Å². The molecule has 1 aliphatic rings. The first-order chi connectivity index (χ1) is 15.9. The number of nitrogens with one attached hydrogen (secondary N) is 1. The lowest BCUT2D eigenvalue weighted by Gasteiger charge is -2.38. The maximum Gasteiger partial charge on any atom is 0.306 e. The van der Waals surface area contributed by atoms with E-state index in [2.05, 4.69) is 17.1 Å². The van der Waals surface area contributed by atoms with Gasteiger partial charge in [0.05, 0.1) is 35.5 Å². The second-order valence-electron chi connectivity index (χ2n) is 10.1. The highest BCUT2D eigenvalue weighted by molar-refractivity contribution is 6.33. The highest BCUT2D eigenvalue weighted by Crippen LogP contribution is 2.29. The standard InChI is InChI=1S/C25H40ClN3O5/c1-16(12-23(30)34-25(2,3)4)8-7-10-29-11-9-20(22(15-29)33-6)28-24(31)17-13-18(26)19(27)14-21(17)32-5/h13-14,16,20,22H,7-12,15,27H2,1-6H3,(H,28,31)/t16?,20-,22+/m1/s1. The Hall–Kier alpha value is -2.03. The Bertz CT molecular complexity index is 843. The van der Waals surface area contributed by atoms with Gasteiger partial charge in [-0.3, -0.25) is 9.59 Å². The number of halogens is 1. The van der Waals surface area contributed by atoms with Crippen LogP contribution in [0.25, 0.3) is 0 Å². The summed E-state index contributed by atoms with van der Waals surface area (Å²) >= 11 is 6.11. The zero-order valence-electron chi connectivity index (χ0n) is 21.3. The van der Waals surface area contributed by atoms with Crippen molar-refractivity contribution in [3.8, 4) is 5.75 Å². The van der Waals surface area contributed by atoms with Crippen LogP contribution in [-0.4, -0.2) is 68.4 Å². The largest absolute Gasteiger partial charge is 0.496 e. The molecule has 8 nitrogen and oxygen atoms in total. The van der Waals surface area contributed by atoms with Crippen LogP contribution in [0.3, 0.4) is 0 Å². The van der Waals surface area contributed by atoms with E-state index < -0.39 is 5.60 Å². The van der Waals surface area contributed by atoms with Crippen molar-refractivity contribution in [2.24, 2.45) is 5.92 Å². The molecule has 1 fully saturated rings. The molecule has 0 radical (unpaired) electrons. The SMILES string of the molecule is COc1cc(N)c(Cl)cc1C(=O)N[C@@H]1CCN(CCCC(C)CC(=O)OC(C)(C)C)C[C@@H]1OC. The fourth-order valence-electron chi connectivity index (χ4n) is 4.18. The van der Waals surface area contributed by atoms with E-state index >= 15 is 0 Å². The fraction of sp³-hybridized carbons (Fsp3) is 0.680. The first-order valence-electron chi connectivity index (χ1n) is 11.8. The Morgan fingerprint density at radius 3 is 2.62 bits per heavy atom. The molecular weight excluding hydrogens is 458 g/mol. The molecule has 3 N–H and O–H groups in total. The number of carbonyl (C=O) groups excluding carboxylic acids is 2. The van der Waals surface area contributed by atoms with Crippen molar-refractivity contribution in [3.63, 3.8) is 0 Å². The molecular formula is C25H40ClN3O5. The third kappa shape index (κ3) is 8.64. The number of ether oxygens (including phenoxy) is 3. The minimum absolute atomic E-state index is 0.124. The van der Waals surface area contributed by atoms with Gasteiger partial charge in [0.1, 0.15) is 11.4 Å². The van der Waals surface area contributed by atoms with Gasteiger partial charge in [-0.15, -0.1) is 0 Å². The number of hydrogen-bond donors (Lipinski definition) is 2. The van der Waals surface area contributed by atoms with Crippen molar-refractivity contribution in [2.45, 2.75) is 71.1 Å². The molecule has 1 saturated heterocycles. The van der Waals surface area contributed by atoms with Gasteiger partial charge in [0.15, 0.2) is 0 Å². The summed E-state index contributed by atoms with van der Waals surface area (Å²) in [5.74, 6) is 0.239. The molecule has 0 aliphatic carbocycles. The Morgan fingerprint density at radius 2 is 2.00 bits per heavy atom. The van der Waals surface area contributed by atoms with Crippen LogP contribution >= 0.6 is 11.6 Å². The lowest BCUT2D eigenvalue weighted by molar-refractivity contribution is -0.155. The minimum Gasteiger partial charge on any atom is -0.496 e. The monoisotopic (exact) mass is 497 g/mol.